The quantitative estimate of drug-likeness (QED) is 0.456. The Morgan fingerprint density at radius 3 is 2.52 bits per heavy atom. The molecule has 0 saturated carbocycles. The standard InChI is InChI=1S/C25H25N3O3/c1-16-14-20(26-5)15-21-22(16)30-23(27-21)19-8-6-17(7-9-19)18-10-12-28(13-11-18)24(29)31-25(2,3)4/h6-10,14-15H,11-13H2,1-4H3. The summed E-state index contributed by atoms with van der Waals surface area (Å²) < 4.78 is 11.4. The first-order valence-electron chi connectivity index (χ1n) is 10.3. The van der Waals surface area contributed by atoms with E-state index >= 15 is 0 Å². The molecule has 0 bridgehead atoms. The number of fused-ring (bicyclic) bond motifs is 1. The lowest BCUT2D eigenvalue weighted by Gasteiger charge is -2.29. The van der Waals surface area contributed by atoms with E-state index in [1.54, 1.807) is 11.0 Å². The van der Waals surface area contributed by atoms with Crippen molar-refractivity contribution in [1.29, 1.82) is 0 Å². The van der Waals surface area contributed by atoms with E-state index in [9.17, 15) is 4.79 Å². The van der Waals surface area contributed by atoms with Crippen molar-refractivity contribution in [2.24, 2.45) is 0 Å². The molecule has 1 aromatic heterocycles. The Morgan fingerprint density at radius 2 is 1.90 bits per heavy atom. The van der Waals surface area contributed by atoms with E-state index in [1.807, 2.05) is 45.9 Å². The van der Waals surface area contributed by atoms with Gasteiger partial charge in [-0.1, -0.05) is 18.2 Å². The number of hydrogen-bond acceptors (Lipinski definition) is 4. The fraction of sp³-hybridized carbons (Fsp3) is 0.320. The van der Waals surface area contributed by atoms with E-state index in [-0.39, 0.29) is 6.09 Å². The average Bonchev–Trinajstić information content (AvgIpc) is 3.17. The van der Waals surface area contributed by atoms with Gasteiger partial charge in [0.05, 0.1) is 12.1 Å². The molecule has 0 aliphatic carbocycles. The van der Waals surface area contributed by atoms with Crippen molar-refractivity contribution in [3.05, 3.63) is 65.0 Å². The molecule has 6 heteroatoms. The van der Waals surface area contributed by atoms with Gasteiger partial charge in [0, 0.05) is 18.7 Å². The van der Waals surface area contributed by atoms with E-state index < -0.39 is 5.60 Å². The summed E-state index contributed by atoms with van der Waals surface area (Å²) in [5, 5.41) is 0. The maximum atomic E-state index is 12.2. The molecule has 0 saturated heterocycles. The molecule has 2 heterocycles. The van der Waals surface area contributed by atoms with Crippen LogP contribution in [0.25, 0.3) is 33.0 Å². The van der Waals surface area contributed by atoms with Gasteiger partial charge in [0.15, 0.2) is 11.3 Å². The van der Waals surface area contributed by atoms with E-state index in [4.69, 9.17) is 15.7 Å². The number of rotatable bonds is 2. The number of ether oxygens (including phenoxy) is 1. The van der Waals surface area contributed by atoms with Crippen LogP contribution in [0.1, 0.15) is 38.3 Å². The molecule has 0 N–H and O–H groups in total. The Balaban J connectivity index is 1.50. The van der Waals surface area contributed by atoms with Crippen molar-refractivity contribution in [1.82, 2.24) is 9.88 Å². The summed E-state index contributed by atoms with van der Waals surface area (Å²) in [6.45, 7) is 15.9. The number of aryl methyl sites for hydroxylation is 1. The molecule has 2 aromatic carbocycles. The third kappa shape index (κ3) is 4.46. The van der Waals surface area contributed by atoms with Crippen LogP contribution in [0.15, 0.2) is 46.9 Å². The van der Waals surface area contributed by atoms with Crippen LogP contribution in [0, 0.1) is 13.5 Å². The predicted molar refractivity (Wildman–Crippen MR) is 121 cm³/mol. The van der Waals surface area contributed by atoms with Gasteiger partial charge in [-0.15, -0.1) is 0 Å². The molecule has 6 nitrogen and oxygen atoms in total. The normalized spacial score (nSPS) is 14.3. The molecule has 0 fully saturated rings. The van der Waals surface area contributed by atoms with Crippen LogP contribution < -0.4 is 0 Å². The number of hydrogen-bond donors (Lipinski definition) is 0. The highest BCUT2D eigenvalue weighted by Gasteiger charge is 2.24. The van der Waals surface area contributed by atoms with E-state index in [1.165, 1.54) is 5.57 Å². The van der Waals surface area contributed by atoms with E-state index in [0.717, 1.165) is 23.1 Å². The molecule has 4 rings (SSSR count). The Kier molecular flexibility index (Phi) is 5.28. The second-order valence-electron chi connectivity index (χ2n) is 8.72. The van der Waals surface area contributed by atoms with Crippen molar-refractivity contribution in [2.45, 2.75) is 39.7 Å². The molecule has 31 heavy (non-hydrogen) atoms. The van der Waals surface area contributed by atoms with Gasteiger partial charge in [0.1, 0.15) is 5.60 Å². The third-order valence-corrected chi connectivity index (χ3v) is 5.15. The summed E-state index contributed by atoms with van der Waals surface area (Å²) in [6, 6.07) is 11.6. The molecule has 1 amide bonds. The molecule has 158 valence electrons. The number of nitrogens with zero attached hydrogens (tertiary/aromatic N) is 3. The van der Waals surface area contributed by atoms with Gasteiger partial charge in [0.2, 0.25) is 5.89 Å². The minimum Gasteiger partial charge on any atom is -0.444 e. The average molecular weight is 415 g/mol. The van der Waals surface area contributed by atoms with Crippen molar-refractivity contribution in [3.63, 3.8) is 0 Å². The maximum Gasteiger partial charge on any atom is 0.410 e. The number of aromatic nitrogens is 1. The minimum absolute atomic E-state index is 0.272. The highest BCUT2D eigenvalue weighted by atomic mass is 16.6. The zero-order chi connectivity index (χ0) is 22.2. The monoisotopic (exact) mass is 415 g/mol. The molecule has 0 spiro atoms. The van der Waals surface area contributed by atoms with E-state index in [0.29, 0.717) is 35.8 Å². The first-order valence-corrected chi connectivity index (χ1v) is 10.3. The largest absolute Gasteiger partial charge is 0.444 e. The van der Waals surface area contributed by atoms with Gasteiger partial charge in [-0.05, 0) is 75.1 Å². The molecule has 0 unspecified atom stereocenters. The van der Waals surface area contributed by atoms with Gasteiger partial charge in [-0.25, -0.2) is 14.6 Å². The Hall–Kier alpha value is -3.59. The zero-order valence-corrected chi connectivity index (χ0v) is 18.2. The van der Waals surface area contributed by atoms with Crippen LogP contribution in [0.4, 0.5) is 10.5 Å². The lowest BCUT2D eigenvalue weighted by Crippen LogP contribution is -2.39. The summed E-state index contributed by atoms with van der Waals surface area (Å²) in [4.78, 5) is 22.0. The molecule has 0 radical (unpaired) electrons. The van der Waals surface area contributed by atoms with Crippen LogP contribution in [0.3, 0.4) is 0 Å². The minimum atomic E-state index is -0.488. The van der Waals surface area contributed by atoms with E-state index in [2.05, 4.69) is 28.0 Å². The van der Waals surface area contributed by atoms with Crippen LogP contribution in [-0.2, 0) is 4.74 Å². The number of amides is 1. The summed E-state index contributed by atoms with van der Waals surface area (Å²) in [5.74, 6) is 0.542. The SMILES string of the molecule is [C-]#[N+]c1cc(C)c2oc(-c3ccc(C4=CCN(C(=O)OC(C)(C)C)CC4)cc3)nc2c1. The Morgan fingerprint density at radius 1 is 1.19 bits per heavy atom. The zero-order valence-electron chi connectivity index (χ0n) is 18.2. The Bertz CT molecular complexity index is 1210. The molecular formula is C25H25N3O3. The number of carbonyl (C=O) groups excluding carboxylic acids is 1. The number of benzene rings is 2. The highest BCUT2D eigenvalue weighted by Crippen LogP contribution is 2.31. The van der Waals surface area contributed by atoms with Crippen molar-refractivity contribution >= 4 is 28.5 Å². The lowest BCUT2D eigenvalue weighted by molar-refractivity contribution is 0.0270. The van der Waals surface area contributed by atoms with Crippen molar-refractivity contribution in [3.8, 4) is 11.5 Å². The fourth-order valence-corrected chi connectivity index (χ4v) is 3.62. The molecule has 0 atom stereocenters. The van der Waals surface area contributed by atoms with Crippen LogP contribution >= 0.6 is 0 Å². The highest BCUT2D eigenvalue weighted by molar-refractivity contribution is 5.83. The summed E-state index contributed by atoms with van der Waals surface area (Å²) >= 11 is 0. The molecular weight excluding hydrogens is 390 g/mol. The van der Waals surface area contributed by atoms with Gasteiger partial charge in [-0.2, -0.15) is 0 Å². The maximum absolute atomic E-state index is 12.2. The number of oxazole rings is 1. The smallest absolute Gasteiger partial charge is 0.410 e. The van der Waals surface area contributed by atoms with Gasteiger partial charge in [-0.3, -0.25) is 0 Å². The first kappa shape index (κ1) is 20.7. The molecule has 1 aliphatic rings. The van der Waals surface area contributed by atoms with Gasteiger partial charge in [0.25, 0.3) is 0 Å². The first-order chi connectivity index (χ1) is 14.7. The van der Waals surface area contributed by atoms with Gasteiger partial charge < -0.3 is 14.1 Å². The fourth-order valence-electron chi connectivity index (χ4n) is 3.62. The predicted octanol–water partition coefficient (Wildman–Crippen LogP) is 6.38. The summed E-state index contributed by atoms with van der Waals surface area (Å²) in [6.07, 6.45) is 2.59. The molecule has 1 aliphatic heterocycles. The van der Waals surface area contributed by atoms with Gasteiger partial charge >= 0.3 is 6.09 Å². The number of carbonyl (C=O) groups is 1. The summed E-state index contributed by atoms with van der Waals surface area (Å²) in [5.41, 5.74) is 5.60. The second-order valence-corrected chi connectivity index (χ2v) is 8.72. The molecule has 3 aromatic rings. The van der Waals surface area contributed by atoms with Crippen LogP contribution in [0.2, 0.25) is 0 Å². The van der Waals surface area contributed by atoms with Crippen LogP contribution in [-0.4, -0.2) is 34.7 Å². The summed E-state index contributed by atoms with van der Waals surface area (Å²) in [7, 11) is 0. The lowest BCUT2D eigenvalue weighted by atomic mass is 9.98. The second kappa shape index (κ2) is 7.92. The van der Waals surface area contributed by atoms with Crippen LogP contribution in [0.5, 0.6) is 0 Å². The van der Waals surface area contributed by atoms with Crippen molar-refractivity contribution in [2.75, 3.05) is 13.1 Å². The topological polar surface area (TPSA) is 59.9 Å². The Labute approximate surface area is 182 Å². The van der Waals surface area contributed by atoms with Crippen molar-refractivity contribution < 1.29 is 13.9 Å². The third-order valence-electron chi connectivity index (χ3n) is 5.15.